The van der Waals surface area contributed by atoms with Gasteiger partial charge in [-0.2, -0.15) is 0 Å². The van der Waals surface area contributed by atoms with Crippen molar-refractivity contribution in [2.45, 2.75) is 45.1 Å². The van der Waals surface area contributed by atoms with Gasteiger partial charge in [0.1, 0.15) is 17.0 Å². The first-order valence-electron chi connectivity index (χ1n) is 6.81. The smallest absolute Gasteiger partial charge is 0.330 e. The summed E-state index contributed by atoms with van der Waals surface area (Å²) in [5.74, 6) is -1.04. The minimum Gasteiger partial charge on any atom is -0.460 e. The quantitative estimate of drug-likeness (QED) is 0.438. The number of esters is 2. The highest BCUT2D eigenvalue weighted by Gasteiger charge is 2.61. The van der Waals surface area contributed by atoms with E-state index in [0.717, 1.165) is 0 Å². The third kappa shape index (κ3) is 5.51. The van der Waals surface area contributed by atoms with Crippen LogP contribution in [-0.2, 0) is 19.1 Å². The highest BCUT2D eigenvalue weighted by atomic mass is 35.5. The monoisotopic (exact) mass is 336 g/mol. The Kier molecular flexibility index (Phi) is 5.73. The fourth-order valence-electron chi connectivity index (χ4n) is 2.23. The molecule has 0 aromatic carbocycles. The molecule has 21 heavy (non-hydrogen) atoms. The number of hydrogen-bond acceptors (Lipinski definition) is 4. The van der Waals surface area contributed by atoms with Crippen LogP contribution >= 0.6 is 23.2 Å². The van der Waals surface area contributed by atoms with Crippen molar-refractivity contribution in [1.29, 1.82) is 0 Å². The van der Waals surface area contributed by atoms with Crippen molar-refractivity contribution in [2.75, 3.05) is 6.61 Å². The molecular formula is C15H22Cl2O4. The molecule has 0 heterocycles. The summed E-state index contributed by atoms with van der Waals surface area (Å²) in [6.07, 6.45) is 3.00. The fraction of sp³-hybridized carbons (Fsp3) is 0.733. The molecule has 0 aliphatic heterocycles. The maximum Gasteiger partial charge on any atom is 0.330 e. The van der Waals surface area contributed by atoms with E-state index in [-0.39, 0.29) is 29.8 Å². The summed E-state index contributed by atoms with van der Waals surface area (Å²) in [5, 5.41) is 0. The summed E-state index contributed by atoms with van der Waals surface area (Å²) >= 11 is 10.9. The summed E-state index contributed by atoms with van der Waals surface area (Å²) in [6, 6.07) is 0. The van der Waals surface area contributed by atoms with E-state index < -0.39 is 16.4 Å². The summed E-state index contributed by atoms with van der Waals surface area (Å²) < 4.78 is 10.2. The molecule has 0 bridgehead atoms. The first-order chi connectivity index (χ1) is 9.45. The molecule has 1 rings (SSSR count). The van der Waals surface area contributed by atoms with Gasteiger partial charge in [-0.3, -0.25) is 4.79 Å². The molecular weight excluding hydrogens is 315 g/mol. The number of carbonyl (C=O) groups is 2. The van der Waals surface area contributed by atoms with Crippen molar-refractivity contribution in [3.63, 3.8) is 0 Å². The lowest BCUT2D eigenvalue weighted by Crippen LogP contribution is -2.26. The van der Waals surface area contributed by atoms with E-state index in [1.165, 1.54) is 6.08 Å². The van der Waals surface area contributed by atoms with Gasteiger partial charge in [0.05, 0.1) is 5.92 Å². The highest BCUT2D eigenvalue weighted by Crippen LogP contribution is 2.59. The van der Waals surface area contributed by atoms with E-state index in [1.807, 2.05) is 34.6 Å². The second-order valence-electron chi connectivity index (χ2n) is 6.74. The molecule has 0 saturated heterocycles. The molecule has 1 saturated carbocycles. The predicted molar refractivity (Wildman–Crippen MR) is 82.2 cm³/mol. The molecule has 1 aliphatic rings. The topological polar surface area (TPSA) is 52.6 Å². The maximum absolute atomic E-state index is 12.1. The van der Waals surface area contributed by atoms with Gasteiger partial charge < -0.3 is 9.47 Å². The van der Waals surface area contributed by atoms with E-state index in [4.69, 9.17) is 32.7 Å². The van der Waals surface area contributed by atoms with Gasteiger partial charge in [-0.1, -0.05) is 19.9 Å². The van der Waals surface area contributed by atoms with Crippen LogP contribution in [0.3, 0.4) is 0 Å². The summed E-state index contributed by atoms with van der Waals surface area (Å²) in [4.78, 5) is 22.8. The minimum atomic E-state index is -0.741. The largest absolute Gasteiger partial charge is 0.460 e. The lowest BCUT2D eigenvalue weighted by molar-refractivity contribution is -0.157. The Morgan fingerprint density at radius 2 is 1.86 bits per heavy atom. The summed E-state index contributed by atoms with van der Waals surface area (Å²) in [7, 11) is 0. The van der Waals surface area contributed by atoms with Crippen LogP contribution in [0.2, 0.25) is 0 Å². The van der Waals surface area contributed by atoms with Crippen LogP contribution in [0.15, 0.2) is 12.2 Å². The lowest BCUT2D eigenvalue weighted by atomic mass is 10.1. The lowest BCUT2D eigenvalue weighted by Gasteiger charge is -2.19. The van der Waals surface area contributed by atoms with Gasteiger partial charge in [-0.15, -0.1) is 23.2 Å². The Hall–Kier alpha value is -0.740. The normalized spacial score (nSPS) is 24.2. The molecule has 0 unspecified atom stereocenters. The van der Waals surface area contributed by atoms with Crippen LogP contribution in [0.5, 0.6) is 0 Å². The number of rotatable bonds is 5. The SMILES string of the molecule is CC(C)(C)OC(=O)[C@@H]1[C@H](/C=C\C(=O)OCC(Cl)Cl)C1(C)C. The average Bonchev–Trinajstić information content (AvgIpc) is 2.83. The van der Waals surface area contributed by atoms with Gasteiger partial charge in [-0.25, -0.2) is 4.79 Å². The molecule has 0 aromatic heterocycles. The van der Waals surface area contributed by atoms with E-state index in [9.17, 15) is 9.59 Å². The Labute approximate surface area is 135 Å². The number of alkyl halides is 2. The van der Waals surface area contributed by atoms with Gasteiger partial charge in [-0.05, 0) is 32.1 Å². The number of carbonyl (C=O) groups excluding carboxylic acids is 2. The van der Waals surface area contributed by atoms with Gasteiger partial charge in [0.25, 0.3) is 0 Å². The molecule has 0 amide bonds. The molecule has 0 radical (unpaired) electrons. The summed E-state index contributed by atoms with van der Waals surface area (Å²) in [5.41, 5.74) is -0.737. The zero-order valence-corrected chi connectivity index (χ0v) is 14.5. The third-order valence-electron chi connectivity index (χ3n) is 3.36. The molecule has 1 fully saturated rings. The van der Waals surface area contributed by atoms with Crippen molar-refractivity contribution in [1.82, 2.24) is 0 Å². The van der Waals surface area contributed by atoms with Gasteiger partial charge >= 0.3 is 11.9 Å². The summed E-state index contributed by atoms with van der Waals surface area (Å²) in [6.45, 7) is 9.37. The number of halogens is 2. The number of ether oxygens (including phenoxy) is 2. The second-order valence-corrected chi connectivity index (χ2v) is 8.02. The number of allylic oxidation sites excluding steroid dienone is 1. The average molecular weight is 337 g/mol. The minimum absolute atomic E-state index is 0.0392. The van der Waals surface area contributed by atoms with Crippen LogP contribution in [-0.4, -0.2) is 29.0 Å². The second kappa shape index (κ2) is 6.57. The molecule has 6 heteroatoms. The van der Waals surface area contributed by atoms with E-state index in [1.54, 1.807) is 6.08 Å². The molecule has 4 nitrogen and oxygen atoms in total. The molecule has 2 atom stereocenters. The zero-order valence-electron chi connectivity index (χ0n) is 13.0. The van der Waals surface area contributed by atoms with Gasteiger partial charge in [0.15, 0.2) is 0 Å². The van der Waals surface area contributed by atoms with E-state index >= 15 is 0 Å². The Morgan fingerprint density at radius 3 is 2.33 bits per heavy atom. The molecule has 0 aromatic rings. The van der Waals surface area contributed by atoms with Gasteiger partial charge in [0, 0.05) is 6.08 Å². The van der Waals surface area contributed by atoms with Crippen LogP contribution in [0.1, 0.15) is 34.6 Å². The third-order valence-corrected chi connectivity index (χ3v) is 3.61. The van der Waals surface area contributed by atoms with Crippen molar-refractivity contribution in [2.24, 2.45) is 17.3 Å². The van der Waals surface area contributed by atoms with E-state index in [0.29, 0.717) is 0 Å². The highest BCUT2D eigenvalue weighted by molar-refractivity contribution is 6.44. The molecule has 0 N–H and O–H groups in total. The van der Waals surface area contributed by atoms with Crippen molar-refractivity contribution < 1.29 is 19.1 Å². The predicted octanol–water partition coefficient (Wildman–Crippen LogP) is 3.50. The Balaban J connectivity index is 2.56. The first kappa shape index (κ1) is 18.3. The van der Waals surface area contributed by atoms with Crippen LogP contribution in [0, 0.1) is 17.3 Å². The Morgan fingerprint density at radius 1 is 1.29 bits per heavy atom. The number of hydrogen-bond donors (Lipinski definition) is 0. The van der Waals surface area contributed by atoms with Crippen molar-refractivity contribution in [3.05, 3.63) is 12.2 Å². The van der Waals surface area contributed by atoms with Crippen molar-refractivity contribution >= 4 is 35.1 Å². The van der Waals surface area contributed by atoms with Crippen LogP contribution in [0.4, 0.5) is 0 Å². The standard InChI is InChI=1S/C15H22Cl2O4/c1-14(2,3)21-13(19)12-9(15(12,4)5)6-7-11(18)20-8-10(16)17/h6-7,9-10,12H,8H2,1-5H3/b7-6-/t9-,12-/m0/s1. The fourth-order valence-corrected chi connectivity index (χ4v) is 2.35. The van der Waals surface area contributed by atoms with Crippen LogP contribution in [0.25, 0.3) is 0 Å². The van der Waals surface area contributed by atoms with Gasteiger partial charge in [0.2, 0.25) is 0 Å². The molecule has 120 valence electrons. The maximum atomic E-state index is 12.1. The molecule has 1 aliphatic carbocycles. The van der Waals surface area contributed by atoms with Crippen molar-refractivity contribution in [3.8, 4) is 0 Å². The first-order valence-corrected chi connectivity index (χ1v) is 7.68. The van der Waals surface area contributed by atoms with Crippen LogP contribution < -0.4 is 0 Å². The molecule has 0 spiro atoms. The zero-order chi connectivity index (χ0) is 16.4. The Bertz CT molecular complexity index is 435. The van der Waals surface area contributed by atoms with E-state index in [2.05, 4.69) is 0 Å².